The zero-order valence-electron chi connectivity index (χ0n) is 8.79. The molecule has 0 saturated carbocycles. The van der Waals surface area contributed by atoms with E-state index in [9.17, 15) is 0 Å². The van der Waals surface area contributed by atoms with Crippen molar-refractivity contribution in [3.05, 3.63) is 41.9 Å². The third kappa shape index (κ3) is 2.56. The fourth-order valence-electron chi connectivity index (χ4n) is 1.16. The first-order valence-electron chi connectivity index (χ1n) is 4.81. The van der Waals surface area contributed by atoms with Crippen LogP contribution in [0.15, 0.2) is 40.9 Å². The third-order valence-electron chi connectivity index (χ3n) is 1.97. The van der Waals surface area contributed by atoms with Crippen LogP contribution >= 0.6 is 11.8 Å². The van der Waals surface area contributed by atoms with E-state index in [1.54, 1.807) is 24.7 Å². The number of pyridine rings is 1. The van der Waals surface area contributed by atoms with Crippen molar-refractivity contribution in [2.24, 2.45) is 0 Å². The number of nitrogens with zero attached hydrogens (tertiary/aromatic N) is 3. The van der Waals surface area contributed by atoms with Gasteiger partial charge in [0.2, 0.25) is 0 Å². The highest BCUT2D eigenvalue weighted by Crippen LogP contribution is 2.25. The van der Waals surface area contributed by atoms with E-state index in [0.29, 0.717) is 5.16 Å². The predicted molar refractivity (Wildman–Crippen MR) is 61.1 cm³/mol. The van der Waals surface area contributed by atoms with Crippen LogP contribution < -0.4 is 0 Å². The van der Waals surface area contributed by atoms with Gasteiger partial charge in [0.15, 0.2) is 5.16 Å². The highest BCUT2D eigenvalue weighted by molar-refractivity contribution is 7.99. The third-order valence-corrected chi connectivity index (χ3v) is 2.92. The monoisotopic (exact) mass is 233 g/mol. The largest absolute Gasteiger partial charge is 0.392 e. The molecule has 0 fully saturated rings. The predicted octanol–water partition coefficient (Wildman–Crippen LogP) is 1.82. The lowest BCUT2D eigenvalue weighted by atomic mass is 10.3. The van der Waals surface area contributed by atoms with E-state index in [1.165, 1.54) is 11.8 Å². The Kier molecular flexibility index (Phi) is 3.48. The Bertz CT molecular complexity index is 473. The van der Waals surface area contributed by atoms with Gasteiger partial charge in [-0.25, -0.2) is 15.0 Å². The van der Waals surface area contributed by atoms with E-state index in [-0.39, 0.29) is 6.61 Å². The van der Waals surface area contributed by atoms with Crippen molar-refractivity contribution in [1.29, 1.82) is 0 Å². The molecule has 0 unspecified atom stereocenters. The van der Waals surface area contributed by atoms with Crippen LogP contribution in [0.4, 0.5) is 0 Å². The SMILES string of the molecule is Cc1cnc(Sc2ncccc2CO)nc1. The second-order valence-electron chi connectivity index (χ2n) is 3.27. The van der Waals surface area contributed by atoms with Gasteiger partial charge in [0.05, 0.1) is 6.61 Å². The van der Waals surface area contributed by atoms with E-state index in [0.717, 1.165) is 16.2 Å². The summed E-state index contributed by atoms with van der Waals surface area (Å²) in [5, 5.41) is 10.5. The minimum Gasteiger partial charge on any atom is -0.392 e. The van der Waals surface area contributed by atoms with Crippen LogP contribution in [-0.4, -0.2) is 20.1 Å². The van der Waals surface area contributed by atoms with Crippen LogP contribution in [0.25, 0.3) is 0 Å². The minimum atomic E-state index is -0.0258. The summed E-state index contributed by atoms with van der Waals surface area (Å²) in [7, 11) is 0. The Hall–Kier alpha value is -1.46. The highest BCUT2D eigenvalue weighted by atomic mass is 32.2. The molecular formula is C11H11N3OS. The summed E-state index contributed by atoms with van der Waals surface area (Å²) in [6.07, 6.45) is 5.21. The lowest BCUT2D eigenvalue weighted by molar-refractivity contribution is 0.278. The summed E-state index contributed by atoms with van der Waals surface area (Å²) in [4.78, 5) is 12.5. The summed E-state index contributed by atoms with van der Waals surface area (Å²) in [5.74, 6) is 0. The zero-order chi connectivity index (χ0) is 11.4. The highest BCUT2D eigenvalue weighted by Gasteiger charge is 2.06. The molecule has 2 aromatic heterocycles. The first-order chi connectivity index (χ1) is 7.79. The summed E-state index contributed by atoms with van der Waals surface area (Å²) < 4.78 is 0. The van der Waals surface area contributed by atoms with Gasteiger partial charge in [0.1, 0.15) is 5.03 Å². The van der Waals surface area contributed by atoms with E-state index in [1.807, 2.05) is 13.0 Å². The molecule has 0 aliphatic heterocycles. The molecular weight excluding hydrogens is 222 g/mol. The van der Waals surface area contributed by atoms with Crippen molar-refractivity contribution >= 4 is 11.8 Å². The number of aliphatic hydroxyl groups excluding tert-OH is 1. The Labute approximate surface area is 97.8 Å². The first kappa shape index (κ1) is 11.0. The van der Waals surface area contributed by atoms with Crippen LogP contribution in [0.2, 0.25) is 0 Å². The molecule has 0 aliphatic rings. The molecule has 2 aromatic rings. The standard InChI is InChI=1S/C11H11N3OS/c1-8-5-13-11(14-6-8)16-10-9(7-15)3-2-4-12-10/h2-6,15H,7H2,1H3. The Morgan fingerprint density at radius 1 is 1.25 bits per heavy atom. The van der Waals surface area contributed by atoms with Gasteiger partial charge in [-0.05, 0) is 30.3 Å². The molecule has 0 aromatic carbocycles. The van der Waals surface area contributed by atoms with Gasteiger partial charge in [-0.3, -0.25) is 0 Å². The number of aliphatic hydroxyl groups is 1. The van der Waals surface area contributed by atoms with E-state index in [2.05, 4.69) is 15.0 Å². The number of aryl methyl sites for hydroxylation is 1. The number of hydrogen-bond acceptors (Lipinski definition) is 5. The van der Waals surface area contributed by atoms with Gasteiger partial charge in [0.25, 0.3) is 0 Å². The molecule has 16 heavy (non-hydrogen) atoms. The second-order valence-corrected chi connectivity index (χ2v) is 4.23. The van der Waals surface area contributed by atoms with Gasteiger partial charge in [-0.2, -0.15) is 0 Å². The van der Waals surface area contributed by atoms with Crippen LogP contribution in [-0.2, 0) is 6.61 Å². The normalized spacial score (nSPS) is 10.4. The van der Waals surface area contributed by atoms with Crippen molar-refractivity contribution in [2.45, 2.75) is 23.7 Å². The molecule has 5 heteroatoms. The van der Waals surface area contributed by atoms with Gasteiger partial charge < -0.3 is 5.11 Å². The molecule has 0 amide bonds. The Balaban J connectivity index is 2.23. The van der Waals surface area contributed by atoms with Gasteiger partial charge >= 0.3 is 0 Å². The van der Waals surface area contributed by atoms with Crippen LogP contribution in [0.5, 0.6) is 0 Å². The Morgan fingerprint density at radius 2 is 2.00 bits per heavy atom. The fraction of sp³-hybridized carbons (Fsp3) is 0.182. The molecule has 0 atom stereocenters. The molecule has 0 spiro atoms. The van der Waals surface area contributed by atoms with Gasteiger partial charge in [-0.1, -0.05) is 6.07 Å². The fourth-order valence-corrected chi connectivity index (χ4v) is 1.92. The van der Waals surface area contributed by atoms with Crippen molar-refractivity contribution in [3.8, 4) is 0 Å². The zero-order valence-corrected chi connectivity index (χ0v) is 9.61. The topological polar surface area (TPSA) is 58.9 Å². The lowest BCUT2D eigenvalue weighted by Crippen LogP contribution is -1.92. The smallest absolute Gasteiger partial charge is 0.193 e. The molecule has 2 heterocycles. The first-order valence-corrected chi connectivity index (χ1v) is 5.62. The molecule has 0 bridgehead atoms. The quantitative estimate of drug-likeness (QED) is 0.819. The molecule has 2 rings (SSSR count). The van der Waals surface area contributed by atoms with Crippen molar-refractivity contribution < 1.29 is 5.11 Å². The van der Waals surface area contributed by atoms with Crippen LogP contribution in [0.3, 0.4) is 0 Å². The minimum absolute atomic E-state index is 0.0258. The Morgan fingerprint density at radius 3 is 2.69 bits per heavy atom. The van der Waals surface area contributed by atoms with E-state index < -0.39 is 0 Å². The average Bonchev–Trinajstić information content (AvgIpc) is 2.33. The van der Waals surface area contributed by atoms with E-state index >= 15 is 0 Å². The maximum atomic E-state index is 9.15. The number of rotatable bonds is 3. The van der Waals surface area contributed by atoms with Crippen molar-refractivity contribution in [1.82, 2.24) is 15.0 Å². The van der Waals surface area contributed by atoms with Crippen LogP contribution in [0, 0.1) is 6.92 Å². The molecule has 0 saturated heterocycles. The maximum absolute atomic E-state index is 9.15. The van der Waals surface area contributed by atoms with Gasteiger partial charge in [0, 0.05) is 24.2 Å². The molecule has 4 nitrogen and oxygen atoms in total. The molecule has 0 radical (unpaired) electrons. The van der Waals surface area contributed by atoms with Crippen LogP contribution in [0.1, 0.15) is 11.1 Å². The second kappa shape index (κ2) is 5.05. The molecule has 0 aliphatic carbocycles. The number of aromatic nitrogens is 3. The lowest BCUT2D eigenvalue weighted by Gasteiger charge is -2.03. The summed E-state index contributed by atoms with van der Waals surface area (Å²) in [6.45, 7) is 1.91. The van der Waals surface area contributed by atoms with E-state index in [4.69, 9.17) is 5.11 Å². The average molecular weight is 233 g/mol. The number of hydrogen-bond donors (Lipinski definition) is 1. The van der Waals surface area contributed by atoms with Crippen molar-refractivity contribution in [3.63, 3.8) is 0 Å². The summed E-state index contributed by atoms with van der Waals surface area (Å²) in [5.41, 5.74) is 1.81. The summed E-state index contributed by atoms with van der Waals surface area (Å²) >= 11 is 1.35. The van der Waals surface area contributed by atoms with Gasteiger partial charge in [-0.15, -0.1) is 0 Å². The summed E-state index contributed by atoms with van der Waals surface area (Å²) in [6, 6.07) is 3.63. The molecule has 1 N–H and O–H groups in total. The van der Waals surface area contributed by atoms with Crippen molar-refractivity contribution in [2.75, 3.05) is 0 Å². The molecule has 82 valence electrons. The maximum Gasteiger partial charge on any atom is 0.193 e.